The summed E-state index contributed by atoms with van der Waals surface area (Å²) in [6.45, 7) is 3.60. The van der Waals surface area contributed by atoms with Gasteiger partial charge in [0.1, 0.15) is 0 Å². The summed E-state index contributed by atoms with van der Waals surface area (Å²) in [6, 6.07) is 0.273. The minimum Gasteiger partial charge on any atom is -0.349 e. The monoisotopic (exact) mass is 137 g/mol. The van der Waals surface area contributed by atoms with Crippen molar-refractivity contribution in [3.05, 3.63) is 24.8 Å². The van der Waals surface area contributed by atoms with E-state index in [1.54, 1.807) is 6.08 Å². The summed E-state index contributed by atoms with van der Waals surface area (Å²) in [6.07, 6.45) is 7.07. The molecule has 0 aromatic heterocycles. The maximum absolute atomic E-state index is 10.7. The van der Waals surface area contributed by atoms with Crippen molar-refractivity contribution in [1.29, 1.82) is 0 Å². The van der Waals surface area contributed by atoms with Crippen LogP contribution in [0.15, 0.2) is 24.8 Å². The number of carbonyl (C=O) groups excluding carboxylic acids is 1. The van der Waals surface area contributed by atoms with Crippen molar-refractivity contribution in [3.8, 4) is 0 Å². The first-order chi connectivity index (χ1) is 4.83. The Morgan fingerprint density at radius 3 is 3.30 bits per heavy atom. The number of amides is 1. The third kappa shape index (κ3) is 1.72. The zero-order valence-electron chi connectivity index (χ0n) is 5.84. The van der Waals surface area contributed by atoms with E-state index < -0.39 is 0 Å². The standard InChI is InChI=1S/C8H11NO/c1-2-4-7-5-3-6-8(10)9-7/h2-3,6-7H,1,4-5H2,(H,9,10). The molecule has 0 saturated heterocycles. The molecular weight excluding hydrogens is 126 g/mol. The fourth-order valence-corrected chi connectivity index (χ4v) is 1.00. The van der Waals surface area contributed by atoms with Crippen molar-refractivity contribution in [1.82, 2.24) is 5.32 Å². The summed E-state index contributed by atoms with van der Waals surface area (Å²) < 4.78 is 0. The second-order valence-electron chi connectivity index (χ2n) is 2.37. The van der Waals surface area contributed by atoms with Crippen LogP contribution in [0, 0.1) is 0 Å². The minimum atomic E-state index is 0.0121. The van der Waals surface area contributed by atoms with E-state index >= 15 is 0 Å². The van der Waals surface area contributed by atoms with Crippen LogP contribution in [0.4, 0.5) is 0 Å². The molecule has 10 heavy (non-hydrogen) atoms. The second-order valence-corrected chi connectivity index (χ2v) is 2.37. The lowest BCUT2D eigenvalue weighted by molar-refractivity contribution is -0.117. The van der Waals surface area contributed by atoms with Crippen molar-refractivity contribution in [2.75, 3.05) is 0 Å². The van der Waals surface area contributed by atoms with Crippen molar-refractivity contribution < 1.29 is 4.79 Å². The molecular formula is C8H11NO. The molecule has 0 aromatic carbocycles. The van der Waals surface area contributed by atoms with Crippen LogP contribution < -0.4 is 5.32 Å². The van der Waals surface area contributed by atoms with E-state index in [1.165, 1.54) is 0 Å². The topological polar surface area (TPSA) is 29.1 Å². The number of nitrogens with one attached hydrogen (secondary N) is 1. The molecule has 54 valence electrons. The van der Waals surface area contributed by atoms with Gasteiger partial charge in [0.25, 0.3) is 0 Å². The molecule has 1 unspecified atom stereocenters. The lowest BCUT2D eigenvalue weighted by atomic mass is 10.1. The predicted molar refractivity (Wildman–Crippen MR) is 40.5 cm³/mol. The molecule has 1 aliphatic rings. The van der Waals surface area contributed by atoms with Gasteiger partial charge in [-0.3, -0.25) is 4.79 Å². The van der Waals surface area contributed by atoms with Gasteiger partial charge in [-0.2, -0.15) is 0 Å². The molecule has 0 aliphatic carbocycles. The van der Waals surface area contributed by atoms with Gasteiger partial charge in [0, 0.05) is 6.04 Å². The molecule has 0 saturated carbocycles. The average Bonchev–Trinajstić information content (AvgIpc) is 1.88. The molecule has 1 rings (SSSR count). The molecule has 1 heterocycles. The van der Waals surface area contributed by atoms with E-state index in [0.717, 1.165) is 12.8 Å². The molecule has 2 heteroatoms. The van der Waals surface area contributed by atoms with Gasteiger partial charge in [-0.25, -0.2) is 0 Å². The highest BCUT2D eigenvalue weighted by Crippen LogP contribution is 2.04. The van der Waals surface area contributed by atoms with Crippen LogP contribution in [0.1, 0.15) is 12.8 Å². The largest absolute Gasteiger partial charge is 0.349 e. The maximum atomic E-state index is 10.7. The number of hydrogen-bond acceptors (Lipinski definition) is 1. The van der Waals surface area contributed by atoms with Crippen molar-refractivity contribution in [2.24, 2.45) is 0 Å². The van der Waals surface area contributed by atoms with Gasteiger partial charge >= 0.3 is 0 Å². The van der Waals surface area contributed by atoms with E-state index in [1.807, 2.05) is 12.2 Å². The Labute approximate surface area is 60.6 Å². The van der Waals surface area contributed by atoms with Crippen molar-refractivity contribution in [3.63, 3.8) is 0 Å². The quantitative estimate of drug-likeness (QED) is 0.565. The summed E-state index contributed by atoms with van der Waals surface area (Å²) >= 11 is 0. The number of rotatable bonds is 2. The zero-order valence-corrected chi connectivity index (χ0v) is 5.84. The highest BCUT2D eigenvalue weighted by atomic mass is 16.1. The van der Waals surface area contributed by atoms with Crippen LogP contribution >= 0.6 is 0 Å². The van der Waals surface area contributed by atoms with Crippen LogP contribution in [0.25, 0.3) is 0 Å². The van der Waals surface area contributed by atoms with Gasteiger partial charge in [-0.05, 0) is 18.9 Å². The van der Waals surface area contributed by atoms with Crippen LogP contribution in [0.3, 0.4) is 0 Å². The summed E-state index contributed by atoms with van der Waals surface area (Å²) in [5.41, 5.74) is 0. The van der Waals surface area contributed by atoms with Crippen LogP contribution in [0.5, 0.6) is 0 Å². The molecule has 1 aliphatic heterocycles. The normalized spacial score (nSPS) is 24.0. The summed E-state index contributed by atoms with van der Waals surface area (Å²) in [5, 5.41) is 2.82. The molecule has 1 amide bonds. The van der Waals surface area contributed by atoms with Gasteiger partial charge < -0.3 is 5.32 Å². The van der Waals surface area contributed by atoms with E-state index in [4.69, 9.17) is 0 Å². The van der Waals surface area contributed by atoms with Crippen LogP contribution in [-0.4, -0.2) is 11.9 Å². The van der Waals surface area contributed by atoms with E-state index in [0.29, 0.717) is 0 Å². The maximum Gasteiger partial charge on any atom is 0.243 e. The Balaban J connectivity index is 2.43. The number of carbonyl (C=O) groups is 1. The third-order valence-corrected chi connectivity index (χ3v) is 1.49. The van der Waals surface area contributed by atoms with Crippen LogP contribution in [-0.2, 0) is 4.79 Å². The SMILES string of the molecule is C=CCC1CC=CC(=O)N1. The Bertz CT molecular complexity index is 172. The number of hydrogen-bond donors (Lipinski definition) is 1. The van der Waals surface area contributed by atoms with Gasteiger partial charge in [-0.1, -0.05) is 12.2 Å². The molecule has 1 N–H and O–H groups in total. The van der Waals surface area contributed by atoms with Gasteiger partial charge in [0.15, 0.2) is 0 Å². The zero-order chi connectivity index (χ0) is 7.40. The predicted octanol–water partition coefficient (Wildman–Crippen LogP) is 1.01. The lowest BCUT2D eigenvalue weighted by Crippen LogP contribution is -2.35. The molecule has 1 atom stereocenters. The van der Waals surface area contributed by atoms with E-state index in [-0.39, 0.29) is 11.9 Å². The first kappa shape index (κ1) is 7.06. The molecule has 2 nitrogen and oxygen atoms in total. The molecule has 0 bridgehead atoms. The second kappa shape index (κ2) is 3.20. The first-order valence-electron chi connectivity index (χ1n) is 3.41. The van der Waals surface area contributed by atoms with Crippen molar-refractivity contribution >= 4 is 5.91 Å². The highest BCUT2D eigenvalue weighted by Gasteiger charge is 2.10. The summed E-state index contributed by atoms with van der Waals surface area (Å²) in [4.78, 5) is 10.7. The molecule has 0 spiro atoms. The Morgan fingerprint density at radius 2 is 2.70 bits per heavy atom. The smallest absolute Gasteiger partial charge is 0.243 e. The average molecular weight is 137 g/mol. The van der Waals surface area contributed by atoms with Gasteiger partial charge in [-0.15, -0.1) is 6.58 Å². The Hall–Kier alpha value is -1.05. The minimum absolute atomic E-state index is 0.0121. The van der Waals surface area contributed by atoms with Crippen molar-refractivity contribution in [2.45, 2.75) is 18.9 Å². The van der Waals surface area contributed by atoms with Gasteiger partial charge in [0.2, 0.25) is 5.91 Å². The Morgan fingerprint density at radius 1 is 1.90 bits per heavy atom. The van der Waals surface area contributed by atoms with E-state index in [9.17, 15) is 4.79 Å². The first-order valence-corrected chi connectivity index (χ1v) is 3.41. The molecule has 0 fully saturated rings. The van der Waals surface area contributed by atoms with Gasteiger partial charge in [0.05, 0.1) is 0 Å². The van der Waals surface area contributed by atoms with E-state index in [2.05, 4.69) is 11.9 Å². The highest BCUT2D eigenvalue weighted by molar-refractivity contribution is 5.88. The summed E-state index contributed by atoms with van der Waals surface area (Å²) in [5.74, 6) is 0.0121. The Kier molecular flexibility index (Phi) is 2.26. The van der Waals surface area contributed by atoms with Crippen LogP contribution in [0.2, 0.25) is 0 Å². The molecule has 0 aromatic rings. The summed E-state index contributed by atoms with van der Waals surface area (Å²) in [7, 11) is 0. The third-order valence-electron chi connectivity index (χ3n) is 1.49. The molecule has 0 radical (unpaired) electrons. The lowest BCUT2D eigenvalue weighted by Gasteiger charge is -2.17. The fourth-order valence-electron chi connectivity index (χ4n) is 1.00. The fraction of sp³-hybridized carbons (Fsp3) is 0.375.